The van der Waals surface area contributed by atoms with Crippen molar-refractivity contribution in [1.82, 2.24) is 10.2 Å². The standard InChI is InChI=1S/C15H15N3O3S/c1-8-3-4-10(9(2)7-8)11-17-18-14(22-11)16-12(19)15(5-6-15)13(20)21/h3-4,7H,5-6H2,1-2H3,(H,20,21)(H,16,18,19). The van der Waals surface area contributed by atoms with Crippen LogP contribution in [-0.4, -0.2) is 27.2 Å². The zero-order valence-electron chi connectivity index (χ0n) is 12.2. The molecular weight excluding hydrogens is 302 g/mol. The molecule has 7 heteroatoms. The summed E-state index contributed by atoms with van der Waals surface area (Å²) in [6, 6.07) is 6.01. The molecule has 1 fully saturated rings. The largest absolute Gasteiger partial charge is 0.480 e. The summed E-state index contributed by atoms with van der Waals surface area (Å²) in [4.78, 5) is 23.2. The van der Waals surface area contributed by atoms with Crippen LogP contribution >= 0.6 is 11.3 Å². The lowest BCUT2D eigenvalue weighted by molar-refractivity contribution is -0.147. The highest BCUT2D eigenvalue weighted by atomic mass is 32.1. The number of hydrogen-bond donors (Lipinski definition) is 2. The summed E-state index contributed by atoms with van der Waals surface area (Å²) >= 11 is 1.24. The van der Waals surface area contributed by atoms with Crippen molar-refractivity contribution >= 4 is 28.3 Å². The lowest BCUT2D eigenvalue weighted by atomic mass is 10.1. The quantitative estimate of drug-likeness (QED) is 0.846. The number of nitrogens with one attached hydrogen (secondary N) is 1. The molecule has 0 bridgehead atoms. The van der Waals surface area contributed by atoms with Crippen LogP contribution in [0.4, 0.5) is 5.13 Å². The molecule has 22 heavy (non-hydrogen) atoms. The fraction of sp³-hybridized carbons (Fsp3) is 0.333. The molecular formula is C15H15N3O3S. The predicted octanol–water partition coefficient (Wildman–Crippen LogP) is 2.63. The number of amides is 1. The van der Waals surface area contributed by atoms with E-state index in [0.29, 0.717) is 23.0 Å². The Balaban J connectivity index is 1.80. The third-order valence-electron chi connectivity index (χ3n) is 3.85. The van der Waals surface area contributed by atoms with Crippen molar-refractivity contribution < 1.29 is 14.7 Å². The van der Waals surface area contributed by atoms with E-state index in [1.165, 1.54) is 11.3 Å². The van der Waals surface area contributed by atoms with Crippen LogP contribution in [0.25, 0.3) is 10.6 Å². The first-order valence-corrected chi connectivity index (χ1v) is 7.70. The van der Waals surface area contributed by atoms with Crippen LogP contribution in [0, 0.1) is 19.3 Å². The molecule has 2 aromatic rings. The molecule has 114 valence electrons. The Kier molecular flexibility index (Phi) is 3.44. The fourth-order valence-corrected chi connectivity index (χ4v) is 3.15. The Morgan fingerprint density at radius 1 is 1.27 bits per heavy atom. The normalized spacial score (nSPS) is 15.4. The van der Waals surface area contributed by atoms with Crippen LogP contribution in [0.5, 0.6) is 0 Å². The van der Waals surface area contributed by atoms with Crippen molar-refractivity contribution in [3.8, 4) is 10.6 Å². The van der Waals surface area contributed by atoms with E-state index in [1.807, 2.05) is 26.0 Å². The average molecular weight is 317 g/mol. The molecule has 6 nitrogen and oxygen atoms in total. The van der Waals surface area contributed by atoms with Crippen LogP contribution in [0.15, 0.2) is 18.2 Å². The molecule has 1 amide bonds. The minimum atomic E-state index is -1.27. The molecule has 1 aromatic carbocycles. The molecule has 2 N–H and O–H groups in total. The number of aliphatic carboxylic acids is 1. The van der Waals surface area contributed by atoms with Crippen LogP contribution in [0.1, 0.15) is 24.0 Å². The number of benzene rings is 1. The molecule has 0 radical (unpaired) electrons. The van der Waals surface area contributed by atoms with Crippen LogP contribution in [0.3, 0.4) is 0 Å². The van der Waals surface area contributed by atoms with E-state index >= 15 is 0 Å². The van der Waals surface area contributed by atoms with E-state index in [0.717, 1.165) is 16.7 Å². The maximum atomic E-state index is 12.0. The third-order valence-corrected chi connectivity index (χ3v) is 4.72. The van der Waals surface area contributed by atoms with Gasteiger partial charge in [-0.15, -0.1) is 10.2 Å². The summed E-state index contributed by atoms with van der Waals surface area (Å²) < 4.78 is 0. The van der Waals surface area contributed by atoms with Gasteiger partial charge in [-0.2, -0.15) is 0 Å². The van der Waals surface area contributed by atoms with Gasteiger partial charge in [0.05, 0.1) is 0 Å². The minimum Gasteiger partial charge on any atom is -0.480 e. The van der Waals surface area contributed by atoms with Crippen LogP contribution in [-0.2, 0) is 9.59 Å². The zero-order chi connectivity index (χ0) is 15.9. The first-order chi connectivity index (χ1) is 10.4. The second kappa shape index (κ2) is 5.17. The summed E-state index contributed by atoms with van der Waals surface area (Å²) in [7, 11) is 0. The van der Waals surface area contributed by atoms with E-state index in [-0.39, 0.29) is 0 Å². The van der Waals surface area contributed by atoms with Crippen molar-refractivity contribution in [2.45, 2.75) is 26.7 Å². The number of carbonyl (C=O) groups excluding carboxylic acids is 1. The van der Waals surface area contributed by atoms with Crippen LogP contribution < -0.4 is 5.32 Å². The Labute approximate surface area is 131 Å². The van der Waals surface area contributed by atoms with Gasteiger partial charge < -0.3 is 5.11 Å². The summed E-state index contributed by atoms with van der Waals surface area (Å²) in [6.45, 7) is 4.01. The highest BCUT2D eigenvalue weighted by molar-refractivity contribution is 7.18. The monoisotopic (exact) mass is 317 g/mol. The number of carboxylic acid groups (broad SMARTS) is 1. The zero-order valence-corrected chi connectivity index (χ0v) is 13.0. The molecule has 1 aliphatic carbocycles. The average Bonchev–Trinajstić information content (AvgIpc) is 3.15. The second-order valence-electron chi connectivity index (χ2n) is 5.57. The van der Waals surface area contributed by atoms with E-state index in [2.05, 4.69) is 21.6 Å². The molecule has 0 unspecified atom stereocenters. The molecule has 0 spiro atoms. The number of aryl methyl sites for hydroxylation is 2. The van der Waals surface area contributed by atoms with Gasteiger partial charge in [-0.25, -0.2) is 0 Å². The number of nitrogens with zero attached hydrogens (tertiary/aromatic N) is 2. The summed E-state index contributed by atoms with van der Waals surface area (Å²) in [6.07, 6.45) is 0.744. The van der Waals surface area contributed by atoms with Crippen LogP contribution in [0.2, 0.25) is 0 Å². The van der Waals surface area contributed by atoms with Crippen molar-refractivity contribution in [1.29, 1.82) is 0 Å². The van der Waals surface area contributed by atoms with E-state index in [9.17, 15) is 9.59 Å². The van der Waals surface area contributed by atoms with E-state index in [1.54, 1.807) is 0 Å². The number of rotatable bonds is 4. The molecule has 0 atom stereocenters. The Morgan fingerprint density at radius 3 is 2.59 bits per heavy atom. The summed E-state index contributed by atoms with van der Waals surface area (Å²) in [5.41, 5.74) is 1.93. The van der Waals surface area contributed by atoms with Crippen molar-refractivity contribution in [2.75, 3.05) is 5.32 Å². The maximum absolute atomic E-state index is 12.0. The van der Waals surface area contributed by atoms with Crippen molar-refractivity contribution in [3.63, 3.8) is 0 Å². The first kappa shape index (κ1) is 14.6. The van der Waals surface area contributed by atoms with Gasteiger partial charge in [0.1, 0.15) is 10.4 Å². The number of anilines is 1. The molecule has 0 aliphatic heterocycles. The highest BCUT2D eigenvalue weighted by Gasteiger charge is 2.57. The fourth-order valence-electron chi connectivity index (χ4n) is 2.32. The number of carboxylic acids is 1. The Morgan fingerprint density at radius 2 is 2.00 bits per heavy atom. The minimum absolute atomic E-state index is 0.326. The maximum Gasteiger partial charge on any atom is 0.319 e. The lowest BCUT2D eigenvalue weighted by Crippen LogP contribution is -2.31. The van der Waals surface area contributed by atoms with Gasteiger partial charge in [-0.3, -0.25) is 14.9 Å². The SMILES string of the molecule is Cc1ccc(-c2nnc(NC(=O)C3(C(=O)O)CC3)s2)c(C)c1. The Hall–Kier alpha value is -2.28. The van der Waals surface area contributed by atoms with Crippen molar-refractivity contribution in [2.24, 2.45) is 5.41 Å². The highest BCUT2D eigenvalue weighted by Crippen LogP contribution is 2.47. The van der Waals surface area contributed by atoms with Gasteiger partial charge in [-0.1, -0.05) is 35.1 Å². The van der Waals surface area contributed by atoms with Crippen molar-refractivity contribution in [3.05, 3.63) is 29.3 Å². The Bertz CT molecular complexity index is 765. The number of aromatic nitrogens is 2. The molecule has 1 aromatic heterocycles. The molecule has 1 heterocycles. The van der Waals surface area contributed by atoms with Gasteiger partial charge >= 0.3 is 5.97 Å². The first-order valence-electron chi connectivity index (χ1n) is 6.88. The summed E-state index contributed by atoms with van der Waals surface area (Å²) in [5, 5.41) is 20.7. The van der Waals surface area contributed by atoms with Gasteiger partial charge in [0, 0.05) is 5.56 Å². The van der Waals surface area contributed by atoms with E-state index < -0.39 is 17.3 Å². The molecule has 1 saturated carbocycles. The second-order valence-corrected chi connectivity index (χ2v) is 6.55. The predicted molar refractivity (Wildman–Crippen MR) is 82.8 cm³/mol. The van der Waals surface area contributed by atoms with E-state index in [4.69, 9.17) is 5.11 Å². The molecule has 0 saturated heterocycles. The molecule has 3 rings (SSSR count). The van der Waals surface area contributed by atoms with Gasteiger partial charge in [0.15, 0.2) is 0 Å². The number of hydrogen-bond acceptors (Lipinski definition) is 5. The number of carbonyl (C=O) groups is 2. The van der Waals surface area contributed by atoms with Gasteiger partial charge in [-0.05, 0) is 32.3 Å². The summed E-state index contributed by atoms with van der Waals surface area (Å²) in [5.74, 6) is -1.59. The smallest absolute Gasteiger partial charge is 0.319 e. The lowest BCUT2D eigenvalue weighted by Gasteiger charge is -2.07. The topological polar surface area (TPSA) is 92.2 Å². The molecule has 1 aliphatic rings. The third kappa shape index (κ3) is 2.48. The van der Waals surface area contributed by atoms with Gasteiger partial charge in [0.2, 0.25) is 11.0 Å². The van der Waals surface area contributed by atoms with Gasteiger partial charge in [0.25, 0.3) is 0 Å².